The highest BCUT2D eigenvalue weighted by Gasteiger charge is 2.27. The lowest BCUT2D eigenvalue weighted by atomic mass is 10.0. The third-order valence-electron chi connectivity index (χ3n) is 4.88. The summed E-state index contributed by atoms with van der Waals surface area (Å²) in [6.07, 6.45) is 0.201. The zero-order valence-electron chi connectivity index (χ0n) is 18.3. The Bertz CT molecular complexity index is 872. The molecule has 2 aromatic rings. The molecule has 4 nitrogen and oxygen atoms in total. The number of hydrogen-bond donors (Lipinski definition) is 1. The monoisotopic (exact) mass is 448 g/mol. The van der Waals surface area contributed by atoms with Gasteiger partial charge in [-0.05, 0) is 44.4 Å². The van der Waals surface area contributed by atoms with E-state index in [1.165, 1.54) is 0 Å². The molecular formula is C24H30Cl2N2O2. The summed E-state index contributed by atoms with van der Waals surface area (Å²) in [4.78, 5) is 27.6. The zero-order chi connectivity index (χ0) is 22.4. The lowest BCUT2D eigenvalue weighted by molar-refractivity contribution is -0.140. The predicted octanol–water partition coefficient (Wildman–Crippen LogP) is 5.34. The molecule has 6 heteroatoms. The first-order chi connectivity index (χ1) is 14.1. The van der Waals surface area contributed by atoms with Crippen LogP contribution in [-0.4, -0.2) is 29.3 Å². The zero-order valence-corrected chi connectivity index (χ0v) is 19.8. The van der Waals surface area contributed by atoms with Gasteiger partial charge in [-0.3, -0.25) is 9.59 Å². The van der Waals surface area contributed by atoms with Gasteiger partial charge in [0.15, 0.2) is 0 Å². The number of nitrogens with zero attached hydrogens (tertiary/aromatic N) is 1. The average Bonchev–Trinajstić information content (AvgIpc) is 2.64. The number of aryl methyl sites for hydroxylation is 2. The SMILES string of the molecule is Cc1cc(C)cc(CC(=O)N(Cc2c(Cl)cccc2Cl)C(C)C(=O)NCC(C)C)c1. The van der Waals surface area contributed by atoms with Gasteiger partial charge in [0.25, 0.3) is 0 Å². The Morgan fingerprint density at radius 1 is 1.00 bits per heavy atom. The van der Waals surface area contributed by atoms with Gasteiger partial charge in [0.1, 0.15) is 6.04 Å². The maximum Gasteiger partial charge on any atom is 0.242 e. The lowest BCUT2D eigenvalue weighted by Gasteiger charge is -2.30. The predicted molar refractivity (Wildman–Crippen MR) is 124 cm³/mol. The molecule has 0 aliphatic rings. The summed E-state index contributed by atoms with van der Waals surface area (Å²) >= 11 is 12.7. The third kappa shape index (κ3) is 6.75. The highest BCUT2D eigenvalue weighted by Crippen LogP contribution is 2.27. The molecule has 0 bridgehead atoms. The van der Waals surface area contributed by atoms with Crippen molar-refractivity contribution < 1.29 is 9.59 Å². The fourth-order valence-electron chi connectivity index (χ4n) is 3.34. The molecule has 0 saturated heterocycles. The van der Waals surface area contributed by atoms with E-state index in [9.17, 15) is 9.59 Å². The van der Waals surface area contributed by atoms with Gasteiger partial charge in [-0.25, -0.2) is 0 Å². The summed E-state index contributed by atoms with van der Waals surface area (Å²) in [5.74, 6) is -0.0255. The van der Waals surface area contributed by atoms with Gasteiger partial charge in [0, 0.05) is 28.7 Å². The Balaban J connectivity index is 2.31. The van der Waals surface area contributed by atoms with E-state index in [4.69, 9.17) is 23.2 Å². The van der Waals surface area contributed by atoms with Crippen LogP contribution in [0.5, 0.6) is 0 Å². The van der Waals surface area contributed by atoms with Crippen LogP contribution in [0.2, 0.25) is 10.0 Å². The molecule has 0 saturated carbocycles. The molecule has 0 fully saturated rings. The van der Waals surface area contributed by atoms with Crippen molar-refractivity contribution in [1.82, 2.24) is 10.2 Å². The highest BCUT2D eigenvalue weighted by molar-refractivity contribution is 6.36. The minimum atomic E-state index is -0.658. The topological polar surface area (TPSA) is 49.4 Å². The number of hydrogen-bond acceptors (Lipinski definition) is 2. The summed E-state index contributed by atoms with van der Waals surface area (Å²) in [6.45, 7) is 10.5. The van der Waals surface area contributed by atoms with Crippen molar-refractivity contribution in [2.24, 2.45) is 5.92 Å². The number of halogens is 2. The van der Waals surface area contributed by atoms with Crippen LogP contribution in [0.3, 0.4) is 0 Å². The number of benzene rings is 2. The minimum absolute atomic E-state index is 0.150. The van der Waals surface area contributed by atoms with E-state index in [-0.39, 0.29) is 24.8 Å². The average molecular weight is 449 g/mol. The molecule has 0 heterocycles. The van der Waals surface area contributed by atoms with Crippen molar-refractivity contribution in [3.63, 3.8) is 0 Å². The maximum absolute atomic E-state index is 13.3. The van der Waals surface area contributed by atoms with Gasteiger partial charge in [-0.15, -0.1) is 0 Å². The van der Waals surface area contributed by atoms with Gasteiger partial charge in [0.05, 0.1) is 6.42 Å². The first-order valence-corrected chi connectivity index (χ1v) is 10.9. The number of carbonyl (C=O) groups is 2. The standard InChI is InChI=1S/C24H30Cl2N2O2/c1-15(2)13-27-24(30)18(5)28(14-20-21(25)7-6-8-22(20)26)23(29)12-19-10-16(3)9-17(4)11-19/h6-11,15,18H,12-14H2,1-5H3,(H,27,30). The van der Waals surface area contributed by atoms with Crippen LogP contribution < -0.4 is 5.32 Å². The molecule has 2 rings (SSSR count). The Kier molecular flexibility index (Phi) is 8.75. The quantitative estimate of drug-likeness (QED) is 0.591. The molecule has 0 aliphatic heterocycles. The second kappa shape index (κ2) is 10.8. The number of carbonyl (C=O) groups excluding carboxylic acids is 2. The molecule has 162 valence electrons. The molecule has 0 radical (unpaired) electrons. The Morgan fingerprint density at radius 2 is 1.57 bits per heavy atom. The molecular weight excluding hydrogens is 419 g/mol. The van der Waals surface area contributed by atoms with Gasteiger partial charge < -0.3 is 10.2 Å². The van der Waals surface area contributed by atoms with E-state index < -0.39 is 6.04 Å². The fraction of sp³-hybridized carbons (Fsp3) is 0.417. The Hall–Kier alpha value is -2.04. The molecule has 0 spiro atoms. The fourth-order valence-corrected chi connectivity index (χ4v) is 3.85. The molecule has 2 amide bonds. The van der Waals surface area contributed by atoms with Crippen LogP contribution in [0.25, 0.3) is 0 Å². The summed E-state index contributed by atoms with van der Waals surface area (Å²) in [7, 11) is 0. The lowest BCUT2D eigenvalue weighted by Crippen LogP contribution is -2.48. The second-order valence-corrected chi connectivity index (χ2v) is 9.02. The van der Waals surface area contributed by atoms with E-state index in [1.807, 2.05) is 39.8 Å². The van der Waals surface area contributed by atoms with Crippen LogP contribution in [0.4, 0.5) is 0 Å². The highest BCUT2D eigenvalue weighted by atomic mass is 35.5. The third-order valence-corrected chi connectivity index (χ3v) is 5.59. The molecule has 2 aromatic carbocycles. The van der Waals surface area contributed by atoms with Crippen molar-refractivity contribution >= 4 is 35.0 Å². The molecule has 1 N–H and O–H groups in total. The Labute approximate surface area is 189 Å². The number of rotatable bonds is 8. The van der Waals surface area contributed by atoms with Crippen molar-refractivity contribution in [1.29, 1.82) is 0 Å². The van der Waals surface area contributed by atoms with Crippen LogP contribution >= 0.6 is 23.2 Å². The van der Waals surface area contributed by atoms with E-state index in [2.05, 4.69) is 11.4 Å². The van der Waals surface area contributed by atoms with Crippen LogP contribution in [0.1, 0.15) is 43.0 Å². The second-order valence-electron chi connectivity index (χ2n) is 8.21. The number of nitrogens with one attached hydrogen (secondary N) is 1. The minimum Gasteiger partial charge on any atom is -0.354 e. The first kappa shape index (κ1) is 24.2. The van der Waals surface area contributed by atoms with Crippen LogP contribution in [0.15, 0.2) is 36.4 Å². The van der Waals surface area contributed by atoms with Gasteiger partial charge >= 0.3 is 0 Å². The van der Waals surface area contributed by atoms with Gasteiger partial charge in [-0.1, -0.05) is 72.4 Å². The van der Waals surface area contributed by atoms with Gasteiger partial charge in [-0.2, -0.15) is 0 Å². The first-order valence-electron chi connectivity index (χ1n) is 10.2. The van der Waals surface area contributed by atoms with E-state index >= 15 is 0 Å². The molecule has 1 atom stereocenters. The summed E-state index contributed by atoms with van der Waals surface area (Å²) in [5.41, 5.74) is 3.75. The van der Waals surface area contributed by atoms with E-state index in [0.717, 1.165) is 16.7 Å². The molecule has 30 heavy (non-hydrogen) atoms. The van der Waals surface area contributed by atoms with Crippen molar-refractivity contribution in [2.75, 3.05) is 6.54 Å². The smallest absolute Gasteiger partial charge is 0.242 e. The molecule has 0 aliphatic carbocycles. The van der Waals surface area contributed by atoms with Gasteiger partial charge in [0.2, 0.25) is 11.8 Å². The van der Waals surface area contributed by atoms with E-state index in [0.29, 0.717) is 28.1 Å². The largest absolute Gasteiger partial charge is 0.354 e. The molecule has 0 aromatic heterocycles. The summed E-state index contributed by atoms with van der Waals surface area (Å²) in [6, 6.07) is 10.6. The normalized spacial score (nSPS) is 12.0. The summed E-state index contributed by atoms with van der Waals surface area (Å²) < 4.78 is 0. The Morgan fingerprint density at radius 3 is 2.10 bits per heavy atom. The van der Waals surface area contributed by atoms with Crippen LogP contribution in [-0.2, 0) is 22.6 Å². The summed E-state index contributed by atoms with van der Waals surface area (Å²) in [5, 5.41) is 3.86. The molecule has 1 unspecified atom stereocenters. The van der Waals surface area contributed by atoms with Crippen molar-refractivity contribution in [2.45, 2.75) is 53.6 Å². The van der Waals surface area contributed by atoms with Crippen molar-refractivity contribution in [3.05, 3.63) is 68.7 Å². The van der Waals surface area contributed by atoms with Crippen LogP contribution in [0, 0.1) is 19.8 Å². The van der Waals surface area contributed by atoms with E-state index in [1.54, 1.807) is 30.0 Å². The van der Waals surface area contributed by atoms with Crippen molar-refractivity contribution in [3.8, 4) is 0 Å². The maximum atomic E-state index is 13.3. The number of amides is 2.